The molecule has 1 N–H and O–H groups in total. The lowest BCUT2D eigenvalue weighted by atomic mass is 9.74. The van der Waals surface area contributed by atoms with Crippen LogP contribution >= 0.6 is 0 Å². The summed E-state index contributed by atoms with van der Waals surface area (Å²) in [7, 11) is 0. The largest absolute Gasteiger partial charge is 0.381 e. The van der Waals surface area contributed by atoms with E-state index in [1.807, 2.05) is 0 Å². The number of nitrogens with one attached hydrogen (secondary N) is 1. The zero-order chi connectivity index (χ0) is 16.4. The van der Waals surface area contributed by atoms with Crippen molar-refractivity contribution in [1.29, 1.82) is 0 Å². The van der Waals surface area contributed by atoms with Crippen molar-refractivity contribution in [2.45, 2.75) is 43.6 Å². The second kappa shape index (κ2) is 6.85. The summed E-state index contributed by atoms with van der Waals surface area (Å²) in [5.41, 5.74) is 1.29. The third-order valence-corrected chi connectivity index (χ3v) is 6.25. The number of carbonyl (C=O) groups excluding carboxylic acids is 1. The second-order valence-electron chi connectivity index (χ2n) is 7.73. The molecule has 3 aliphatic rings. The number of nitrogens with zero attached hydrogens (tertiary/aromatic N) is 1. The van der Waals surface area contributed by atoms with Crippen molar-refractivity contribution in [3.05, 3.63) is 35.9 Å². The molecule has 0 radical (unpaired) electrons. The average molecular weight is 328 g/mol. The molecule has 0 aliphatic carbocycles. The van der Waals surface area contributed by atoms with Crippen LogP contribution in [0.25, 0.3) is 0 Å². The highest BCUT2D eigenvalue weighted by molar-refractivity contribution is 5.81. The average Bonchev–Trinajstić information content (AvgIpc) is 2.95. The van der Waals surface area contributed by atoms with Crippen LogP contribution < -0.4 is 5.32 Å². The Kier molecular flexibility index (Phi) is 4.59. The van der Waals surface area contributed by atoms with E-state index in [4.69, 9.17) is 4.74 Å². The van der Waals surface area contributed by atoms with E-state index in [9.17, 15) is 4.79 Å². The Balaban J connectivity index is 1.41. The Morgan fingerprint density at radius 3 is 2.54 bits per heavy atom. The van der Waals surface area contributed by atoms with Gasteiger partial charge in [0.05, 0.1) is 0 Å². The lowest BCUT2D eigenvalue weighted by molar-refractivity contribution is -0.120. The van der Waals surface area contributed by atoms with Gasteiger partial charge < -0.3 is 15.0 Å². The molecule has 0 aromatic heterocycles. The highest BCUT2D eigenvalue weighted by atomic mass is 16.5. The molecule has 3 aliphatic heterocycles. The predicted octanol–water partition coefficient (Wildman–Crippen LogP) is 2.55. The van der Waals surface area contributed by atoms with Crippen LogP contribution in [-0.2, 0) is 9.53 Å². The molecule has 3 fully saturated rings. The quantitative estimate of drug-likeness (QED) is 0.927. The molecule has 0 saturated carbocycles. The molecule has 1 amide bonds. The maximum absolute atomic E-state index is 12.2. The molecule has 3 heterocycles. The first-order valence-electron chi connectivity index (χ1n) is 9.41. The summed E-state index contributed by atoms with van der Waals surface area (Å²) in [6.45, 7) is 5.24. The van der Waals surface area contributed by atoms with Crippen molar-refractivity contribution >= 4 is 5.91 Å². The van der Waals surface area contributed by atoms with Crippen molar-refractivity contribution in [2.75, 3.05) is 32.8 Å². The van der Waals surface area contributed by atoms with E-state index in [-0.39, 0.29) is 11.4 Å². The van der Waals surface area contributed by atoms with Crippen LogP contribution in [0.15, 0.2) is 30.3 Å². The smallest absolute Gasteiger partial charge is 0.221 e. The van der Waals surface area contributed by atoms with Crippen molar-refractivity contribution in [3.8, 4) is 0 Å². The summed E-state index contributed by atoms with van der Waals surface area (Å²) in [5, 5.41) is 3.36. The zero-order valence-electron chi connectivity index (χ0n) is 14.4. The Morgan fingerprint density at radius 1 is 1.12 bits per heavy atom. The van der Waals surface area contributed by atoms with Crippen LogP contribution in [0.4, 0.5) is 0 Å². The van der Waals surface area contributed by atoms with E-state index in [1.54, 1.807) is 0 Å². The molecular weight excluding hydrogens is 300 g/mol. The first kappa shape index (κ1) is 16.1. The fourth-order valence-electron chi connectivity index (χ4n) is 4.82. The Morgan fingerprint density at radius 2 is 1.83 bits per heavy atom. The van der Waals surface area contributed by atoms with Gasteiger partial charge in [-0.15, -0.1) is 0 Å². The molecule has 24 heavy (non-hydrogen) atoms. The predicted molar refractivity (Wildman–Crippen MR) is 93.9 cm³/mol. The van der Waals surface area contributed by atoms with Crippen molar-refractivity contribution in [2.24, 2.45) is 5.92 Å². The molecule has 1 spiro atoms. The maximum Gasteiger partial charge on any atom is 0.221 e. The van der Waals surface area contributed by atoms with Gasteiger partial charge >= 0.3 is 0 Å². The van der Waals surface area contributed by atoms with Gasteiger partial charge in [-0.3, -0.25) is 4.79 Å². The van der Waals surface area contributed by atoms with Gasteiger partial charge in [-0.05, 0) is 37.2 Å². The Bertz CT molecular complexity index is 560. The first-order valence-corrected chi connectivity index (χ1v) is 9.41. The van der Waals surface area contributed by atoms with Crippen LogP contribution in [0.3, 0.4) is 0 Å². The van der Waals surface area contributed by atoms with Crippen LogP contribution in [0.5, 0.6) is 0 Å². The number of rotatable bonds is 3. The number of amides is 1. The fourth-order valence-corrected chi connectivity index (χ4v) is 4.82. The normalized spacial score (nSPS) is 28.2. The van der Waals surface area contributed by atoms with E-state index in [0.29, 0.717) is 12.3 Å². The number of hydrogen-bond acceptors (Lipinski definition) is 3. The minimum absolute atomic E-state index is 0.0232. The molecule has 4 heteroatoms. The number of piperidine rings is 1. The number of benzene rings is 1. The lowest BCUT2D eigenvalue weighted by Crippen LogP contribution is -2.54. The van der Waals surface area contributed by atoms with E-state index >= 15 is 0 Å². The van der Waals surface area contributed by atoms with Gasteiger partial charge in [0, 0.05) is 50.7 Å². The van der Waals surface area contributed by atoms with Crippen molar-refractivity contribution in [1.82, 2.24) is 10.2 Å². The number of carbonyl (C=O) groups is 1. The molecule has 0 bridgehead atoms. The minimum Gasteiger partial charge on any atom is -0.381 e. The lowest BCUT2D eigenvalue weighted by Gasteiger charge is -2.44. The minimum atomic E-state index is -0.0232. The molecule has 1 aromatic carbocycles. The third-order valence-electron chi connectivity index (χ3n) is 6.25. The zero-order valence-corrected chi connectivity index (χ0v) is 14.4. The SMILES string of the molecule is O=C1CC(c2ccccc2)C2(CCN(CC3CCOCC3)CC2)N1. The van der Waals surface area contributed by atoms with Crippen LogP contribution in [0.2, 0.25) is 0 Å². The third kappa shape index (κ3) is 3.22. The Labute approximate surface area is 144 Å². The molecule has 1 unspecified atom stereocenters. The topological polar surface area (TPSA) is 41.6 Å². The van der Waals surface area contributed by atoms with Crippen LogP contribution in [0.1, 0.15) is 43.6 Å². The van der Waals surface area contributed by atoms with Gasteiger partial charge in [-0.2, -0.15) is 0 Å². The summed E-state index contributed by atoms with van der Waals surface area (Å²) >= 11 is 0. The summed E-state index contributed by atoms with van der Waals surface area (Å²) in [5.74, 6) is 1.34. The summed E-state index contributed by atoms with van der Waals surface area (Å²) < 4.78 is 5.47. The van der Waals surface area contributed by atoms with Gasteiger partial charge in [0.15, 0.2) is 0 Å². The van der Waals surface area contributed by atoms with Gasteiger partial charge in [0.25, 0.3) is 0 Å². The van der Waals surface area contributed by atoms with E-state index in [0.717, 1.165) is 45.1 Å². The molecule has 4 rings (SSSR count). The number of ether oxygens (including phenoxy) is 1. The van der Waals surface area contributed by atoms with Crippen molar-refractivity contribution < 1.29 is 9.53 Å². The summed E-state index contributed by atoms with van der Waals surface area (Å²) in [6.07, 6.45) is 5.18. The maximum atomic E-state index is 12.2. The molecular formula is C20H28N2O2. The molecule has 1 atom stereocenters. The van der Waals surface area contributed by atoms with E-state index < -0.39 is 0 Å². The van der Waals surface area contributed by atoms with Crippen LogP contribution in [0, 0.1) is 5.92 Å². The fraction of sp³-hybridized carbons (Fsp3) is 0.650. The van der Waals surface area contributed by atoms with E-state index in [2.05, 4.69) is 40.5 Å². The number of likely N-dealkylation sites (tertiary alicyclic amines) is 1. The summed E-state index contributed by atoms with van der Waals surface area (Å²) in [6, 6.07) is 10.6. The number of hydrogen-bond donors (Lipinski definition) is 1. The molecule has 130 valence electrons. The highest BCUT2D eigenvalue weighted by Gasteiger charge is 2.48. The van der Waals surface area contributed by atoms with Gasteiger partial charge in [-0.1, -0.05) is 30.3 Å². The van der Waals surface area contributed by atoms with Crippen molar-refractivity contribution in [3.63, 3.8) is 0 Å². The molecule has 3 saturated heterocycles. The second-order valence-corrected chi connectivity index (χ2v) is 7.73. The first-order chi connectivity index (χ1) is 11.8. The van der Waals surface area contributed by atoms with Gasteiger partial charge in [-0.25, -0.2) is 0 Å². The Hall–Kier alpha value is -1.39. The monoisotopic (exact) mass is 328 g/mol. The van der Waals surface area contributed by atoms with Gasteiger partial charge in [0.1, 0.15) is 0 Å². The standard InChI is InChI=1S/C20H28N2O2/c23-19-14-18(17-4-2-1-3-5-17)20(21-19)8-10-22(11-9-20)15-16-6-12-24-13-7-16/h1-5,16,18H,6-15H2,(H,21,23). The summed E-state index contributed by atoms with van der Waals surface area (Å²) in [4.78, 5) is 14.8. The van der Waals surface area contributed by atoms with E-state index in [1.165, 1.54) is 24.9 Å². The van der Waals surface area contributed by atoms with Crippen LogP contribution in [-0.4, -0.2) is 49.2 Å². The highest BCUT2D eigenvalue weighted by Crippen LogP contribution is 2.43. The molecule has 4 nitrogen and oxygen atoms in total. The molecule has 1 aromatic rings. The van der Waals surface area contributed by atoms with Gasteiger partial charge in [0.2, 0.25) is 5.91 Å².